The van der Waals surface area contributed by atoms with Gasteiger partial charge in [-0.1, -0.05) is 6.07 Å². The lowest BCUT2D eigenvalue weighted by Crippen LogP contribution is -2.37. The maximum Gasteiger partial charge on any atom is 0.416 e. The van der Waals surface area contributed by atoms with Crippen LogP contribution in [0.2, 0.25) is 0 Å². The smallest absolute Gasteiger partial charge is 0.379 e. The highest BCUT2D eigenvalue weighted by Crippen LogP contribution is 2.33. The van der Waals surface area contributed by atoms with Crippen LogP contribution in [-0.4, -0.2) is 40.4 Å². The van der Waals surface area contributed by atoms with E-state index in [0.717, 1.165) is 18.6 Å². The molecular formula is C15H20F3NO4S. The number of halogens is 3. The summed E-state index contributed by atoms with van der Waals surface area (Å²) in [7, 11) is -4.07. The Hall–Kier alpha value is -1.16. The van der Waals surface area contributed by atoms with Crippen LogP contribution in [0.4, 0.5) is 13.2 Å². The third-order valence-electron chi connectivity index (χ3n) is 3.65. The summed E-state index contributed by atoms with van der Waals surface area (Å²) in [6.07, 6.45) is -3.94. The number of hydrogen-bond acceptors (Lipinski definition) is 4. The maximum atomic E-state index is 12.9. The SMILES string of the molecule is Cc1ccc(S(=O)(=O)NC(C)COC2CCOC2)cc1C(F)(F)F. The summed E-state index contributed by atoms with van der Waals surface area (Å²) in [6, 6.07) is 2.38. The van der Waals surface area contributed by atoms with E-state index in [1.165, 1.54) is 6.92 Å². The van der Waals surface area contributed by atoms with Gasteiger partial charge in [0.25, 0.3) is 0 Å². The Morgan fingerprint density at radius 3 is 2.71 bits per heavy atom. The second kappa shape index (κ2) is 7.38. The number of nitrogens with one attached hydrogen (secondary N) is 1. The average molecular weight is 367 g/mol. The summed E-state index contributed by atoms with van der Waals surface area (Å²) < 4.78 is 76.3. The van der Waals surface area contributed by atoms with Gasteiger partial charge in [-0.2, -0.15) is 13.2 Å². The molecule has 5 nitrogen and oxygen atoms in total. The molecule has 24 heavy (non-hydrogen) atoms. The summed E-state index contributed by atoms with van der Waals surface area (Å²) in [6.45, 7) is 4.06. The molecule has 2 rings (SSSR count). The minimum absolute atomic E-state index is 0.0286. The molecule has 9 heteroatoms. The van der Waals surface area contributed by atoms with Crippen LogP contribution in [0.1, 0.15) is 24.5 Å². The average Bonchev–Trinajstić information content (AvgIpc) is 2.97. The molecule has 1 aromatic rings. The van der Waals surface area contributed by atoms with Gasteiger partial charge in [0.1, 0.15) is 0 Å². The van der Waals surface area contributed by atoms with Crippen molar-refractivity contribution in [3.05, 3.63) is 29.3 Å². The van der Waals surface area contributed by atoms with Crippen LogP contribution in [0, 0.1) is 6.92 Å². The van der Waals surface area contributed by atoms with Crippen LogP contribution in [-0.2, 0) is 25.7 Å². The van der Waals surface area contributed by atoms with Crippen molar-refractivity contribution < 1.29 is 31.1 Å². The molecule has 0 saturated carbocycles. The number of aryl methyl sites for hydroxylation is 1. The van der Waals surface area contributed by atoms with Gasteiger partial charge in [0, 0.05) is 12.6 Å². The second-order valence-electron chi connectivity index (χ2n) is 5.82. The van der Waals surface area contributed by atoms with Crippen LogP contribution < -0.4 is 4.72 Å². The molecule has 0 bridgehead atoms. The van der Waals surface area contributed by atoms with E-state index in [1.807, 2.05) is 0 Å². The van der Waals surface area contributed by atoms with E-state index in [4.69, 9.17) is 9.47 Å². The van der Waals surface area contributed by atoms with Gasteiger partial charge < -0.3 is 9.47 Å². The summed E-state index contributed by atoms with van der Waals surface area (Å²) in [5.74, 6) is 0. The highest BCUT2D eigenvalue weighted by atomic mass is 32.2. The van der Waals surface area contributed by atoms with E-state index in [1.54, 1.807) is 6.92 Å². The predicted octanol–water partition coefficient (Wildman–Crippen LogP) is 2.49. The van der Waals surface area contributed by atoms with Gasteiger partial charge in [0.2, 0.25) is 10.0 Å². The Morgan fingerprint density at radius 2 is 2.12 bits per heavy atom. The van der Waals surface area contributed by atoms with Crippen molar-refractivity contribution in [1.29, 1.82) is 0 Å². The van der Waals surface area contributed by atoms with Gasteiger partial charge in [-0.3, -0.25) is 0 Å². The molecule has 0 radical (unpaired) electrons. The Morgan fingerprint density at radius 1 is 1.42 bits per heavy atom. The lowest BCUT2D eigenvalue weighted by molar-refractivity contribution is -0.138. The van der Waals surface area contributed by atoms with E-state index < -0.39 is 32.7 Å². The monoisotopic (exact) mass is 367 g/mol. The van der Waals surface area contributed by atoms with Gasteiger partial charge in [-0.25, -0.2) is 13.1 Å². The minimum atomic E-state index is -4.60. The standard InChI is InChI=1S/C15H20F3NO4S/c1-10-3-4-13(7-14(10)15(16,17)18)24(20,21)19-11(2)8-23-12-5-6-22-9-12/h3-4,7,11-12,19H,5-6,8-9H2,1-2H3. The predicted molar refractivity (Wildman–Crippen MR) is 81.1 cm³/mol. The Kier molecular flexibility index (Phi) is 5.90. The number of alkyl halides is 3. The van der Waals surface area contributed by atoms with Crippen molar-refractivity contribution in [2.45, 2.75) is 43.5 Å². The largest absolute Gasteiger partial charge is 0.416 e. The highest BCUT2D eigenvalue weighted by molar-refractivity contribution is 7.89. The van der Waals surface area contributed by atoms with Gasteiger partial charge in [-0.15, -0.1) is 0 Å². The molecule has 136 valence electrons. The second-order valence-corrected chi connectivity index (χ2v) is 7.53. The molecule has 1 aliphatic heterocycles. The molecule has 2 unspecified atom stereocenters. The fourth-order valence-corrected chi connectivity index (χ4v) is 3.62. The highest BCUT2D eigenvalue weighted by Gasteiger charge is 2.33. The maximum absolute atomic E-state index is 12.9. The minimum Gasteiger partial charge on any atom is -0.379 e. The molecule has 0 amide bonds. The first-order chi connectivity index (χ1) is 11.1. The van der Waals surface area contributed by atoms with E-state index in [-0.39, 0.29) is 18.3 Å². The first-order valence-corrected chi connectivity index (χ1v) is 8.97. The van der Waals surface area contributed by atoms with Crippen molar-refractivity contribution in [3.8, 4) is 0 Å². The van der Waals surface area contributed by atoms with Crippen LogP contribution in [0.15, 0.2) is 23.1 Å². The lowest BCUT2D eigenvalue weighted by atomic mass is 10.1. The fraction of sp³-hybridized carbons (Fsp3) is 0.600. The molecule has 1 fully saturated rings. The Labute approximate surface area is 139 Å². The van der Waals surface area contributed by atoms with Gasteiger partial charge in [-0.05, 0) is 38.0 Å². The Bertz CT molecular complexity index is 670. The Balaban J connectivity index is 2.06. The third kappa shape index (κ3) is 4.92. The molecular weight excluding hydrogens is 347 g/mol. The molecule has 0 aliphatic carbocycles. The molecule has 1 heterocycles. The zero-order chi connectivity index (χ0) is 18.0. The van der Waals surface area contributed by atoms with Crippen molar-refractivity contribution in [2.24, 2.45) is 0 Å². The number of ether oxygens (including phenoxy) is 2. The van der Waals surface area contributed by atoms with E-state index in [9.17, 15) is 21.6 Å². The topological polar surface area (TPSA) is 64.6 Å². The van der Waals surface area contributed by atoms with Gasteiger partial charge >= 0.3 is 6.18 Å². The van der Waals surface area contributed by atoms with Gasteiger partial charge in [0.05, 0.1) is 29.8 Å². The first kappa shape index (κ1) is 19.2. The summed E-state index contributed by atoms with van der Waals surface area (Å²) >= 11 is 0. The summed E-state index contributed by atoms with van der Waals surface area (Å²) in [5, 5.41) is 0. The fourth-order valence-electron chi connectivity index (χ4n) is 2.37. The third-order valence-corrected chi connectivity index (χ3v) is 5.24. The molecule has 1 saturated heterocycles. The quantitative estimate of drug-likeness (QED) is 0.839. The molecule has 1 aromatic carbocycles. The number of sulfonamides is 1. The van der Waals surface area contributed by atoms with Crippen LogP contribution >= 0.6 is 0 Å². The van der Waals surface area contributed by atoms with Gasteiger partial charge in [0.15, 0.2) is 0 Å². The van der Waals surface area contributed by atoms with Crippen LogP contribution in [0.3, 0.4) is 0 Å². The zero-order valence-corrected chi connectivity index (χ0v) is 14.2. The van der Waals surface area contributed by atoms with E-state index in [2.05, 4.69) is 4.72 Å². The van der Waals surface area contributed by atoms with E-state index >= 15 is 0 Å². The lowest BCUT2D eigenvalue weighted by Gasteiger charge is -2.18. The summed E-state index contributed by atoms with van der Waals surface area (Å²) in [4.78, 5) is -0.420. The zero-order valence-electron chi connectivity index (χ0n) is 13.4. The molecule has 2 atom stereocenters. The van der Waals surface area contributed by atoms with Crippen LogP contribution in [0.25, 0.3) is 0 Å². The van der Waals surface area contributed by atoms with E-state index in [0.29, 0.717) is 19.3 Å². The normalized spacial score (nSPS) is 20.3. The molecule has 1 N–H and O–H groups in total. The van der Waals surface area contributed by atoms with Crippen molar-refractivity contribution in [1.82, 2.24) is 4.72 Å². The number of rotatable bonds is 6. The molecule has 0 spiro atoms. The summed E-state index contributed by atoms with van der Waals surface area (Å²) in [5.41, 5.74) is -0.989. The van der Waals surface area contributed by atoms with Crippen molar-refractivity contribution in [3.63, 3.8) is 0 Å². The molecule has 0 aromatic heterocycles. The first-order valence-electron chi connectivity index (χ1n) is 7.49. The van der Waals surface area contributed by atoms with Crippen molar-refractivity contribution >= 4 is 10.0 Å². The number of benzene rings is 1. The molecule has 1 aliphatic rings. The van der Waals surface area contributed by atoms with Crippen LogP contribution in [0.5, 0.6) is 0 Å². The van der Waals surface area contributed by atoms with Crippen molar-refractivity contribution in [2.75, 3.05) is 19.8 Å². The number of hydrogen-bond donors (Lipinski definition) is 1.